The molecule has 0 aliphatic carbocycles. The molecule has 1 aromatic heterocycles. The van der Waals surface area contributed by atoms with Crippen molar-refractivity contribution in [1.82, 2.24) is 9.47 Å². The molecular formula is C32H35ClF4N2. The molecule has 0 bridgehead atoms. The number of benzene rings is 2. The molecule has 0 N–H and O–H groups in total. The average Bonchev–Trinajstić information content (AvgIpc) is 3.22. The van der Waals surface area contributed by atoms with E-state index in [1.807, 2.05) is 26.0 Å². The van der Waals surface area contributed by atoms with Crippen LogP contribution in [0.2, 0.25) is 0 Å². The molecule has 0 saturated carbocycles. The van der Waals surface area contributed by atoms with Gasteiger partial charge in [-0.2, -0.15) is 0 Å². The summed E-state index contributed by atoms with van der Waals surface area (Å²) < 4.78 is 56.6. The highest BCUT2D eigenvalue weighted by molar-refractivity contribution is 6.49. The molecule has 2 nitrogen and oxygen atoms in total. The van der Waals surface area contributed by atoms with E-state index in [0.29, 0.717) is 37.6 Å². The van der Waals surface area contributed by atoms with E-state index in [1.165, 1.54) is 12.1 Å². The van der Waals surface area contributed by atoms with Crippen LogP contribution in [0.3, 0.4) is 0 Å². The van der Waals surface area contributed by atoms with Crippen LogP contribution >= 0.6 is 11.6 Å². The molecule has 0 amide bonds. The summed E-state index contributed by atoms with van der Waals surface area (Å²) in [5.41, 5.74) is 6.76. The van der Waals surface area contributed by atoms with E-state index >= 15 is 0 Å². The highest BCUT2D eigenvalue weighted by atomic mass is 35.5. The predicted molar refractivity (Wildman–Crippen MR) is 154 cm³/mol. The normalized spacial score (nSPS) is 16.2. The van der Waals surface area contributed by atoms with Crippen molar-refractivity contribution in [3.8, 4) is 11.1 Å². The van der Waals surface area contributed by atoms with Crippen molar-refractivity contribution in [1.29, 1.82) is 0 Å². The molecule has 1 aliphatic rings. The first-order chi connectivity index (χ1) is 18.4. The van der Waals surface area contributed by atoms with Gasteiger partial charge in [0, 0.05) is 79.6 Å². The van der Waals surface area contributed by atoms with Gasteiger partial charge in [0.05, 0.1) is 0 Å². The van der Waals surface area contributed by atoms with E-state index in [4.69, 9.17) is 11.6 Å². The first-order valence-electron chi connectivity index (χ1n) is 13.3. The highest BCUT2D eigenvalue weighted by Crippen LogP contribution is 2.37. The van der Waals surface area contributed by atoms with Crippen LogP contribution in [-0.2, 0) is 18.9 Å². The van der Waals surface area contributed by atoms with Gasteiger partial charge in [0.1, 0.15) is 0 Å². The molecule has 2 aromatic carbocycles. The lowest BCUT2D eigenvalue weighted by atomic mass is 9.95. The molecule has 2 heterocycles. The number of alkyl halides is 4. The first kappa shape index (κ1) is 29.2. The largest absolute Gasteiger partial charge is 0.346 e. The molecule has 4 rings (SSSR count). The van der Waals surface area contributed by atoms with Gasteiger partial charge < -0.3 is 9.47 Å². The monoisotopic (exact) mass is 558 g/mol. The maximum atomic E-state index is 13.6. The Hall–Kier alpha value is -2.83. The van der Waals surface area contributed by atoms with Gasteiger partial charge in [-0.15, -0.1) is 0 Å². The minimum absolute atomic E-state index is 0.00226. The molecule has 0 radical (unpaired) electrons. The standard InChI is InChI=1S/C32H35ClF4N2/c1-5-6-29-30(23(3)33)28(21-39(29)16-15-38-13-11-32(36,37)12-14-38)26-18-22(2)17-25(20-26)19-24-7-9-27(10-8-24)31(4,34)35/h5-10,17-18,20-21H,3,11-16,19H2,1-2,4H3/b6-5-. The molecule has 3 aromatic rings. The summed E-state index contributed by atoms with van der Waals surface area (Å²) in [6.07, 6.45) is 6.40. The van der Waals surface area contributed by atoms with Crippen LogP contribution in [0.25, 0.3) is 22.2 Å². The summed E-state index contributed by atoms with van der Waals surface area (Å²) >= 11 is 6.56. The fourth-order valence-corrected chi connectivity index (χ4v) is 5.42. The summed E-state index contributed by atoms with van der Waals surface area (Å²) in [7, 11) is 0. The van der Waals surface area contributed by atoms with Crippen LogP contribution in [-0.4, -0.2) is 35.0 Å². The van der Waals surface area contributed by atoms with Gasteiger partial charge in [-0.3, -0.25) is 0 Å². The van der Waals surface area contributed by atoms with E-state index in [-0.39, 0.29) is 18.4 Å². The van der Waals surface area contributed by atoms with Crippen LogP contribution < -0.4 is 0 Å². The fraction of sp³-hybridized carbons (Fsp3) is 0.375. The highest BCUT2D eigenvalue weighted by Gasteiger charge is 2.33. The quantitative estimate of drug-likeness (QED) is 0.238. The number of hydrogen-bond acceptors (Lipinski definition) is 1. The third-order valence-electron chi connectivity index (χ3n) is 7.28. The van der Waals surface area contributed by atoms with Crippen LogP contribution in [0.5, 0.6) is 0 Å². The number of likely N-dealkylation sites (tertiary alicyclic amines) is 1. The van der Waals surface area contributed by atoms with Gasteiger partial charge in [-0.25, -0.2) is 17.6 Å². The predicted octanol–water partition coefficient (Wildman–Crippen LogP) is 9.14. The van der Waals surface area contributed by atoms with Crippen molar-refractivity contribution in [2.24, 2.45) is 0 Å². The van der Waals surface area contributed by atoms with Gasteiger partial charge in [-0.1, -0.05) is 72.3 Å². The Morgan fingerprint density at radius 1 is 1.05 bits per heavy atom. The zero-order chi connectivity index (χ0) is 28.4. The molecule has 0 spiro atoms. The number of hydrogen-bond donors (Lipinski definition) is 0. The molecule has 39 heavy (non-hydrogen) atoms. The third-order valence-corrected chi connectivity index (χ3v) is 7.47. The number of allylic oxidation sites excluding steroid dienone is 1. The van der Waals surface area contributed by atoms with Crippen molar-refractivity contribution in [2.45, 2.75) is 58.4 Å². The second-order valence-electron chi connectivity index (χ2n) is 10.6. The zero-order valence-electron chi connectivity index (χ0n) is 22.7. The second-order valence-corrected chi connectivity index (χ2v) is 11.0. The fourth-order valence-electron chi connectivity index (χ4n) is 5.22. The van der Waals surface area contributed by atoms with Crippen molar-refractivity contribution in [3.05, 3.63) is 94.8 Å². The van der Waals surface area contributed by atoms with Crippen LogP contribution in [0.1, 0.15) is 60.2 Å². The van der Waals surface area contributed by atoms with Gasteiger partial charge in [0.2, 0.25) is 0 Å². The van der Waals surface area contributed by atoms with Crippen LogP contribution in [0.4, 0.5) is 17.6 Å². The first-order valence-corrected chi connectivity index (χ1v) is 13.6. The van der Waals surface area contributed by atoms with Crippen molar-refractivity contribution < 1.29 is 17.6 Å². The van der Waals surface area contributed by atoms with E-state index in [0.717, 1.165) is 46.0 Å². The van der Waals surface area contributed by atoms with Gasteiger partial charge in [0.25, 0.3) is 11.8 Å². The molecule has 0 unspecified atom stereocenters. The molecule has 7 heteroatoms. The smallest absolute Gasteiger partial charge is 0.270 e. The molecule has 0 atom stereocenters. The van der Waals surface area contributed by atoms with E-state index in [2.05, 4.69) is 40.4 Å². The minimum atomic E-state index is -2.87. The average molecular weight is 559 g/mol. The molecule has 1 saturated heterocycles. The number of piperidine rings is 1. The number of aromatic nitrogens is 1. The zero-order valence-corrected chi connectivity index (χ0v) is 23.5. The van der Waals surface area contributed by atoms with Crippen molar-refractivity contribution >= 4 is 22.7 Å². The minimum Gasteiger partial charge on any atom is -0.346 e. The Morgan fingerprint density at radius 2 is 1.72 bits per heavy atom. The van der Waals surface area contributed by atoms with E-state index in [1.54, 1.807) is 12.1 Å². The summed E-state index contributed by atoms with van der Waals surface area (Å²) in [4.78, 5) is 2.08. The topological polar surface area (TPSA) is 8.17 Å². The second kappa shape index (κ2) is 11.7. The van der Waals surface area contributed by atoms with Crippen molar-refractivity contribution in [3.63, 3.8) is 0 Å². The third kappa shape index (κ3) is 7.23. The van der Waals surface area contributed by atoms with Crippen molar-refractivity contribution in [2.75, 3.05) is 19.6 Å². The number of nitrogens with zero attached hydrogens (tertiary/aromatic N) is 2. The Balaban J connectivity index is 1.64. The number of rotatable bonds is 9. The Labute approximate surface area is 233 Å². The Morgan fingerprint density at radius 3 is 2.31 bits per heavy atom. The summed E-state index contributed by atoms with van der Waals surface area (Å²) in [6, 6.07) is 12.7. The summed E-state index contributed by atoms with van der Waals surface area (Å²) in [5, 5.41) is 0.425. The lowest BCUT2D eigenvalue weighted by Gasteiger charge is -2.31. The molecular weight excluding hydrogens is 524 g/mol. The maximum absolute atomic E-state index is 13.6. The van der Waals surface area contributed by atoms with Gasteiger partial charge in [0.15, 0.2) is 0 Å². The Kier molecular flexibility index (Phi) is 8.77. The number of halogens is 5. The Bertz CT molecular complexity index is 1340. The van der Waals surface area contributed by atoms with Crippen LogP contribution in [0, 0.1) is 6.92 Å². The summed E-state index contributed by atoms with van der Waals surface area (Å²) in [5.74, 6) is -5.44. The number of aryl methyl sites for hydroxylation is 1. The van der Waals surface area contributed by atoms with Crippen LogP contribution in [0.15, 0.2) is 61.3 Å². The maximum Gasteiger partial charge on any atom is 0.270 e. The molecule has 1 aliphatic heterocycles. The van der Waals surface area contributed by atoms with Gasteiger partial charge in [-0.05, 0) is 43.0 Å². The molecule has 208 valence electrons. The van der Waals surface area contributed by atoms with E-state index < -0.39 is 11.8 Å². The van der Waals surface area contributed by atoms with E-state index in [9.17, 15) is 17.6 Å². The lowest BCUT2D eigenvalue weighted by molar-refractivity contribution is -0.0554. The lowest BCUT2D eigenvalue weighted by Crippen LogP contribution is -2.40. The SMILES string of the molecule is C=C(Cl)c1c(-c2cc(C)cc(Cc3ccc(C(C)(F)F)cc3)c2)cn(CCN2CCC(F)(F)CC2)c1/C=C\C. The van der Waals surface area contributed by atoms with Gasteiger partial charge >= 0.3 is 0 Å². The molecule has 1 fully saturated rings. The summed E-state index contributed by atoms with van der Waals surface area (Å²) in [6.45, 7) is 11.0.